The lowest BCUT2D eigenvalue weighted by Crippen LogP contribution is -2.35. The van der Waals surface area contributed by atoms with E-state index >= 15 is 0 Å². The van der Waals surface area contributed by atoms with Crippen LogP contribution in [0.4, 0.5) is 13.6 Å². The summed E-state index contributed by atoms with van der Waals surface area (Å²) in [7, 11) is 0. The number of nitrogens with one attached hydrogen (secondary N) is 1. The molecule has 1 aromatic rings. The SMILES string of the molecule is CC(CC1=CCCCC(Br)CC1)n1cnn(CC(CNC(=O)OC(C)(C)C)=C(F)F)c1=O. The van der Waals surface area contributed by atoms with Gasteiger partial charge >= 0.3 is 11.8 Å². The molecule has 0 aliphatic heterocycles. The lowest BCUT2D eigenvalue weighted by atomic mass is 9.95. The Labute approximate surface area is 196 Å². The molecular formula is C22H33BrF2N4O3. The zero-order chi connectivity index (χ0) is 23.9. The molecule has 1 aromatic heterocycles. The monoisotopic (exact) mass is 518 g/mol. The molecular weight excluding hydrogens is 486 g/mol. The first-order valence-corrected chi connectivity index (χ1v) is 11.8. The first-order chi connectivity index (χ1) is 15.0. The van der Waals surface area contributed by atoms with Gasteiger partial charge in [-0.1, -0.05) is 27.6 Å². The summed E-state index contributed by atoms with van der Waals surface area (Å²) in [6.07, 6.45) is 6.94. The Morgan fingerprint density at radius 3 is 2.75 bits per heavy atom. The van der Waals surface area contributed by atoms with Crippen LogP contribution in [0.15, 0.2) is 34.4 Å². The summed E-state index contributed by atoms with van der Waals surface area (Å²) in [4.78, 5) is 25.0. The number of aromatic nitrogens is 3. The van der Waals surface area contributed by atoms with Gasteiger partial charge in [-0.3, -0.25) is 4.57 Å². The highest BCUT2D eigenvalue weighted by molar-refractivity contribution is 9.09. The molecule has 1 amide bonds. The number of halogens is 3. The molecule has 1 aliphatic carbocycles. The molecule has 0 radical (unpaired) electrons. The van der Waals surface area contributed by atoms with Crippen LogP contribution in [0.3, 0.4) is 0 Å². The lowest BCUT2D eigenvalue weighted by molar-refractivity contribution is 0.0531. The van der Waals surface area contributed by atoms with E-state index in [1.54, 1.807) is 20.8 Å². The van der Waals surface area contributed by atoms with E-state index in [9.17, 15) is 18.4 Å². The highest BCUT2D eigenvalue weighted by atomic mass is 79.9. The van der Waals surface area contributed by atoms with Gasteiger partial charge in [0.1, 0.15) is 11.9 Å². The van der Waals surface area contributed by atoms with Crippen LogP contribution in [-0.2, 0) is 11.3 Å². The lowest BCUT2D eigenvalue weighted by Gasteiger charge is -2.20. The van der Waals surface area contributed by atoms with E-state index in [1.807, 2.05) is 6.92 Å². The molecule has 32 heavy (non-hydrogen) atoms. The van der Waals surface area contributed by atoms with Crippen LogP contribution in [-0.4, -0.2) is 37.4 Å². The zero-order valence-corrected chi connectivity index (χ0v) is 20.8. The maximum Gasteiger partial charge on any atom is 0.407 e. The van der Waals surface area contributed by atoms with E-state index in [1.165, 1.54) is 16.5 Å². The average molecular weight is 519 g/mol. The molecule has 1 N–H and O–H groups in total. The Balaban J connectivity index is 2.03. The van der Waals surface area contributed by atoms with Crippen LogP contribution >= 0.6 is 15.9 Å². The molecule has 180 valence electrons. The fourth-order valence-electron chi connectivity index (χ4n) is 3.51. The summed E-state index contributed by atoms with van der Waals surface area (Å²) in [5, 5.41) is 6.31. The number of carbonyl (C=O) groups excluding carboxylic acids is 1. The van der Waals surface area contributed by atoms with Gasteiger partial charge in [-0.15, -0.1) is 0 Å². The molecule has 10 heteroatoms. The molecule has 0 bridgehead atoms. The van der Waals surface area contributed by atoms with Crippen molar-refractivity contribution in [1.29, 1.82) is 0 Å². The Morgan fingerprint density at radius 1 is 1.38 bits per heavy atom. The second-order valence-corrected chi connectivity index (χ2v) is 10.5. The normalized spacial score (nSPS) is 18.2. The van der Waals surface area contributed by atoms with Gasteiger partial charge in [0.25, 0.3) is 6.08 Å². The summed E-state index contributed by atoms with van der Waals surface area (Å²) in [5.74, 6) is 0. The Bertz CT molecular complexity index is 898. The zero-order valence-electron chi connectivity index (χ0n) is 19.2. The smallest absolute Gasteiger partial charge is 0.407 e. The van der Waals surface area contributed by atoms with Crippen LogP contribution in [0.1, 0.15) is 72.3 Å². The minimum absolute atomic E-state index is 0.141. The van der Waals surface area contributed by atoms with Crippen molar-refractivity contribution >= 4 is 22.0 Å². The van der Waals surface area contributed by atoms with Crippen LogP contribution in [0.5, 0.6) is 0 Å². The molecule has 0 spiro atoms. The molecule has 2 atom stereocenters. The van der Waals surface area contributed by atoms with Gasteiger partial charge in [0.2, 0.25) is 0 Å². The topological polar surface area (TPSA) is 78.2 Å². The number of alkyl halides is 1. The van der Waals surface area contributed by atoms with Gasteiger partial charge < -0.3 is 10.1 Å². The van der Waals surface area contributed by atoms with Gasteiger partial charge in [0.15, 0.2) is 0 Å². The van der Waals surface area contributed by atoms with E-state index < -0.39 is 42.1 Å². The molecule has 7 nitrogen and oxygen atoms in total. The maximum absolute atomic E-state index is 13.4. The van der Waals surface area contributed by atoms with E-state index in [0.29, 0.717) is 11.2 Å². The van der Waals surface area contributed by atoms with E-state index in [2.05, 4.69) is 32.4 Å². The predicted molar refractivity (Wildman–Crippen MR) is 123 cm³/mol. The molecule has 0 fully saturated rings. The minimum Gasteiger partial charge on any atom is -0.444 e. The maximum atomic E-state index is 13.4. The van der Waals surface area contributed by atoms with Gasteiger partial charge in [-0.05, 0) is 66.2 Å². The van der Waals surface area contributed by atoms with Gasteiger partial charge in [-0.25, -0.2) is 14.3 Å². The van der Waals surface area contributed by atoms with Crippen molar-refractivity contribution in [3.63, 3.8) is 0 Å². The van der Waals surface area contributed by atoms with Crippen LogP contribution < -0.4 is 11.0 Å². The number of ether oxygens (including phenoxy) is 1. The molecule has 2 unspecified atom stereocenters. The predicted octanol–water partition coefficient (Wildman–Crippen LogP) is 5.33. The number of hydrogen-bond acceptors (Lipinski definition) is 4. The van der Waals surface area contributed by atoms with E-state index in [-0.39, 0.29) is 6.04 Å². The third-order valence-corrected chi connectivity index (χ3v) is 6.09. The average Bonchev–Trinajstić information content (AvgIpc) is 3.03. The first kappa shape index (κ1) is 26.3. The summed E-state index contributed by atoms with van der Waals surface area (Å²) < 4.78 is 34.3. The number of hydrogen-bond donors (Lipinski definition) is 1. The van der Waals surface area contributed by atoms with Crippen molar-refractivity contribution < 1.29 is 18.3 Å². The van der Waals surface area contributed by atoms with Crippen LogP contribution in [0.25, 0.3) is 0 Å². The Hall–Kier alpha value is -1.97. The quantitative estimate of drug-likeness (QED) is 0.391. The largest absolute Gasteiger partial charge is 0.444 e. The molecule has 0 aromatic carbocycles. The number of nitrogens with zero attached hydrogens (tertiary/aromatic N) is 3. The Kier molecular flexibility index (Phi) is 9.66. The van der Waals surface area contributed by atoms with Gasteiger partial charge in [0.05, 0.1) is 6.54 Å². The Morgan fingerprint density at radius 2 is 2.09 bits per heavy atom. The van der Waals surface area contributed by atoms with E-state index in [0.717, 1.165) is 36.8 Å². The molecule has 1 aliphatic rings. The highest BCUT2D eigenvalue weighted by Gasteiger charge is 2.19. The summed E-state index contributed by atoms with van der Waals surface area (Å²) in [6, 6.07) is -0.141. The van der Waals surface area contributed by atoms with Crippen molar-refractivity contribution in [2.75, 3.05) is 6.54 Å². The second kappa shape index (κ2) is 11.8. The summed E-state index contributed by atoms with van der Waals surface area (Å²) in [6.45, 7) is 6.11. The fourth-order valence-corrected chi connectivity index (χ4v) is 4.07. The first-order valence-electron chi connectivity index (χ1n) is 10.9. The van der Waals surface area contributed by atoms with Crippen LogP contribution in [0.2, 0.25) is 0 Å². The standard InChI is InChI=1S/C22H33BrF2N4O3/c1-15(11-16-7-5-6-8-18(23)10-9-16)28-14-27-29(21(28)31)13-17(19(24)25)12-26-20(30)32-22(2,3)4/h7,14-15,18H,5-6,8-13H2,1-4H3,(H,26,30). The van der Waals surface area contributed by atoms with Gasteiger partial charge in [-0.2, -0.15) is 13.9 Å². The minimum atomic E-state index is -1.96. The van der Waals surface area contributed by atoms with Gasteiger partial charge in [0, 0.05) is 23.0 Å². The number of allylic oxidation sites excluding steroid dienone is 2. The highest BCUT2D eigenvalue weighted by Crippen LogP contribution is 2.27. The molecule has 0 saturated heterocycles. The number of rotatable bonds is 7. The summed E-state index contributed by atoms with van der Waals surface area (Å²) in [5.41, 5.74) is -0.298. The molecule has 0 saturated carbocycles. The third-order valence-electron chi connectivity index (χ3n) is 5.18. The van der Waals surface area contributed by atoms with Crippen molar-refractivity contribution in [3.05, 3.63) is 40.1 Å². The number of amides is 1. The summed E-state index contributed by atoms with van der Waals surface area (Å²) >= 11 is 3.70. The fraction of sp³-hybridized carbons (Fsp3) is 0.682. The van der Waals surface area contributed by atoms with Crippen molar-refractivity contribution in [2.45, 2.75) is 89.2 Å². The number of alkyl carbamates (subject to hydrolysis) is 1. The second-order valence-electron chi connectivity index (χ2n) is 9.18. The van der Waals surface area contributed by atoms with E-state index in [4.69, 9.17) is 4.74 Å². The van der Waals surface area contributed by atoms with Crippen molar-refractivity contribution in [3.8, 4) is 0 Å². The van der Waals surface area contributed by atoms with Crippen LogP contribution in [0, 0.1) is 0 Å². The van der Waals surface area contributed by atoms with Crippen molar-refractivity contribution in [1.82, 2.24) is 19.7 Å². The molecule has 2 rings (SSSR count). The number of carbonyl (C=O) groups is 1. The van der Waals surface area contributed by atoms with Crippen molar-refractivity contribution in [2.24, 2.45) is 0 Å². The molecule has 1 heterocycles. The third kappa shape index (κ3) is 8.52.